The normalized spacial score (nSPS) is 11.3. The number of nitro groups is 1. The zero-order valence-corrected chi connectivity index (χ0v) is 11.7. The Labute approximate surface area is 116 Å². The lowest BCUT2D eigenvalue weighted by molar-refractivity contribution is -0.384. The van der Waals surface area contributed by atoms with E-state index in [1.807, 2.05) is 11.7 Å². The molecule has 2 rings (SSSR count). The average molecular weight is 278 g/mol. The lowest BCUT2D eigenvalue weighted by Gasteiger charge is -2.16. The van der Waals surface area contributed by atoms with Crippen molar-refractivity contribution in [2.75, 3.05) is 27.3 Å². The number of rotatable bonds is 7. The van der Waals surface area contributed by atoms with Gasteiger partial charge >= 0.3 is 0 Å². The van der Waals surface area contributed by atoms with Crippen molar-refractivity contribution >= 4 is 16.6 Å². The van der Waals surface area contributed by atoms with E-state index in [0.29, 0.717) is 6.67 Å². The van der Waals surface area contributed by atoms with Gasteiger partial charge in [0.25, 0.3) is 5.69 Å². The topological polar surface area (TPSA) is 73.4 Å². The van der Waals surface area contributed by atoms with Crippen molar-refractivity contribution in [2.24, 2.45) is 0 Å². The molecule has 0 aliphatic heterocycles. The lowest BCUT2D eigenvalue weighted by atomic mass is 10.2. The van der Waals surface area contributed by atoms with Crippen LogP contribution in [-0.4, -0.2) is 46.9 Å². The zero-order valence-electron chi connectivity index (χ0n) is 11.7. The highest BCUT2D eigenvalue weighted by atomic mass is 16.6. The molecule has 2 aromatic rings. The highest BCUT2D eigenvalue weighted by molar-refractivity contribution is 5.81. The highest BCUT2D eigenvalue weighted by Crippen LogP contribution is 2.20. The third-order valence-corrected chi connectivity index (χ3v) is 3.10. The maximum Gasteiger partial charge on any atom is 0.270 e. The van der Waals surface area contributed by atoms with Gasteiger partial charge in [0.05, 0.1) is 23.3 Å². The predicted octanol–water partition coefficient (Wildman–Crippen LogP) is 1.87. The summed E-state index contributed by atoms with van der Waals surface area (Å²) in [6, 6.07) is 4.79. The Bertz CT molecular complexity index is 596. The van der Waals surface area contributed by atoms with Gasteiger partial charge < -0.3 is 4.74 Å². The van der Waals surface area contributed by atoms with Crippen molar-refractivity contribution in [3.8, 4) is 0 Å². The fraction of sp³-hybridized carbons (Fsp3) is 0.462. The standard InChI is InChI=1S/C13H18N4O3/c1-15(6-3-7-20-2)10-16-13-5-4-12(17(18)19)8-11(13)9-14-16/h4-5,8-9H,3,6-7,10H2,1-2H3. The highest BCUT2D eigenvalue weighted by Gasteiger charge is 2.10. The molecule has 0 N–H and O–H groups in total. The fourth-order valence-corrected chi connectivity index (χ4v) is 2.08. The molecule has 0 atom stereocenters. The van der Waals surface area contributed by atoms with Gasteiger partial charge in [-0.05, 0) is 19.5 Å². The summed E-state index contributed by atoms with van der Waals surface area (Å²) in [5.41, 5.74) is 0.986. The van der Waals surface area contributed by atoms with Gasteiger partial charge in [-0.15, -0.1) is 0 Å². The van der Waals surface area contributed by atoms with Crippen LogP contribution in [0.1, 0.15) is 6.42 Å². The van der Waals surface area contributed by atoms with E-state index >= 15 is 0 Å². The summed E-state index contributed by atoms with van der Waals surface area (Å²) in [4.78, 5) is 12.5. The van der Waals surface area contributed by atoms with Gasteiger partial charge in [0, 0.05) is 37.8 Å². The average Bonchev–Trinajstić information content (AvgIpc) is 2.81. The molecule has 7 heteroatoms. The smallest absolute Gasteiger partial charge is 0.270 e. The molecule has 0 unspecified atom stereocenters. The first-order valence-electron chi connectivity index (χ1n) is 6.39. The molecule has 0 spiro atoms. The molecule has 0 saturated heterocycles. The first kappa shape index (κ1) is 14.4. The molecule has 0 aliphatic carbocycles. The van der Waals surface area contributed by atoms with Crippen molar-refractivity contribution in [3.05, 3.63) is 34.5 Å². The van der Waals surface area contributed by atoms with E-state index in [-0.39, 0.29) is 5.69 Å². The summed E-state index contributed by atoms with van der Waals surface area (Å²) in [5, 5.41) is 15.8. The molecule has 108 valence electrons. The van der Waals surface area contributed by atoms with E-state index in [2.05, 4.69) is 10.00 Å². The largest absolute Gasteiger partial charge is 0.385 e. The van der Waals surface area contributed by atoms with Crippen molar-refractivity contribution in [3.63, 3.8) is 0 Å². The van der Waals surface area contributed by atoms with E-state index in [4.69, 9.17) is 4.74 Å². The second-order valence-electron chi connectivity index (χ2n) is 4.71. The number of non-ortho nitro benzene ring substituents is 1. The van der Waals surface area contributed by atoms with Crippen molar-refractivity contribution in [1.29, 1.82) is 0 Å². The molecule has 0 radical (unpaired) electrons. The van der Waals surface area contributed by atoms with Crippen LogP contribution in [0.25, 0.3) is 10.9 Å². The monoisotopic (exact) mass is 278 g/mol. The van der Waals surface area contributed by atoms with Crippen LogP contribution in [0.15, 0.2) is 24.4 Å². The molecule has 0 bridgehead atoms. The van der Waals surface area contributed by atoms with Crippen LogP contribution in [0, 0.1) is 10.1 Å². The number of fused-ring (bicyclic) bond motifs is 1. The van der Waals surface area contributed by atoms with Gasteiger partial charge in [-0.25, -0.2) is 0 Å². The van der Waals surface area contributed by atoms with Crippen molar-refractivity contribution < 1.29 is 9.66 Å². The molecule has 20 heavy (non-hydrogen) atoms. The fourth-order valence-electron chi connectivity index (χ4n) is 2.08. The SMILES string of the molecule is COCCCN(C)Cn1ncc2cc([N+](=O)[O-])ccc21. The number of methoxy groups -OCH3 is 1. The van der Waals surface area contributed by atoms with E-state index < -0.39 is 4.92 Å². The minimum Gasteiger partial charge on any atom is -0.385 e. The Balaban J connectivity index is 2.09. The number of aromatic nitrogens is 2. The zero-order chi connectivity index (χ0) is 14.5. The Morgan fingerprint density at radius 3 is 3.00 bits per heavy atom. The Hall–Kier alpha value is -1.99. The summed E-state index contributed by atoms with van der Waals surface area (Å²) < 4.78 is 6.86. The Kier molecular flexibility index (Phi) is 4.65. The van der Waals surface area contributed by atoms with E-state index in [1.54, 1.807) is 25.4 Å². The first-order valence-corrected chi connectivity index (χ1v) is 6.39. The maximum absolute atomic E-state index is 10.7. The molecular formula is C13H18N4O3. The third-order valence-electron chi connectivity index (χ3n) is 3.10. The van der Waals surface area contributed by atoms with Crippen LogP contribution in [0.4, 0.5) is 5.69 Å². The second kappa shape index (κ2) is 6.44. The lowest BCUT2D eigenvalue weighted by Crippen LogP contribution is -2.24. The quantitative estimate of drug-likeness (QED) is 0.439. The molecule has 7 nitrogen and oxygen atoms in total. The van der Waals surface area contributed by atoms with Crippen molar-refractivity contribution in [2.45, 2.75) is 13.1 Å². The van der Waals surface area contributed by atoms with Crippen LogP contribution < -0.4 is 0 Å². The van der Waals surface area contributed by atoms with E-state index in [9.17, 15) is 10.1 Å². The minimum absolute atomic E-state index is 0.0884. The number of ether oxygens (including phenoxy) is 1. The number of nitrogens with zero attached hydrogens (tertiary/aromatic N) is 4. The summed E-state index contributed by atoms with van der Waals surface area (Å²) in [5.74, 6) is 0. The molecule has 0 amide bonds. The van der Waals surface area contributed by atoms with Gasteiger partial charge in [0.1, 0.15) is 0 Å². The number of hydrogen-bond donors (Lipinski definition) is 0. The molecular weight excluding hydrogens is 260 g/mol. The number of nitro benzene ring substituents is 1. The number of benzene rings is 1. The predicted molar refractivity (Wildman–Crippen MR) is 75.5 cm³/mol. The summed E-state index contributed by atoms with van der Waals surface area (Å²) in [6.07, 6.45) is 2.61. The summed E-state index contributed by atoms with van der Waals surface area (Å²) >= 11 is 0. The molecule has 0 saturated carbocycles. The van der Waals surface area contributed by atoms with Gasteiger partial charge in [-0.3, -0.25) is 19.7 Å². The van der Waals surface area contributed by atoms with Gasteiger partial charge in [0.15, 0.2) is 0 Å². The van der Waals surface area contributed by atoms with Gasteiger partial charge in [-0.1, -0.05) is 0 Å². The van der Waals surface area contributed by atoms with Gasteiger partial charge in [0.2, 0.25) is 0 Å². The third kappa shape index (κ3) is 3.31. The van der Waals surface area contributed by atoms with E-state index in [0.717, 1.165) is 30.5 Å². The van der Waals surface area contributed by atoms with E-state index in [1.165, 1.54) is 6.07 Å². The molecule has 1 aromatic carbocycles. The van der Waals surface area contributed by atoms with Crippen LogP contribution in [-0.2, 0) is 11.4 Å². The number of hydrogen-bond acceptors (Lipinski definition) is 5. The first-order chi connectivity index (χ1) is 9.61. The molecule has 1 heterocycles. The Morgan fingerprint density at radius 2 is 2.30 bits per heavy atom. The molecule has 0 fully saturated rings. The van der Waals surface area contributed by atoms with Crippen LogP contribution in [0.5, 0.6) is 0 Å². The van der Waals surface area contributed by atoms with Gasteiger partial charge in [-0.2, -0.15) is 5.10 Å². The summed E-state index contributed by atoms with van der Waals surface area (Å²) in [6.45, 7) is 2.28. The summed E-state index contributed by atoms with van der Waals surface area (Å²) in [7, 11) is 3.70. The second-order valence-corrected chi connectivity index (χ2v) is 4.71. The van der Waals surface area contributed by atoms with Crippen LogP contribution >= 0.6 is 0 Å². The molecule has 0 aliphatic rings. The Morgan fingerprint density at radius 1 is 1.50 bits per heavy atom. The van der Waals surface area contributed by atoms with Crippen LogP contribution in [0.3, 0.4) is 0 Å². The van der Waals surface area contributed by atoms with Crippen molar-refractivity contribution in [1.82, 2.24) is 14.7 Å². The maximum atomic E-state index is 10.7. The van der Waals surface area contributed by atoms with Crippen LogP contribution in [0.2, 0.25) is 0 Å². The minimum atomic E-state index is -0.395. The molecule has 1 aromatic heterocycles.